The van der Waals surface area contributed by atoms with Crippen molar-refractivity contribution in [3.8, 4) is 0 Å². The molecular weight excluding hydrogens is 316 g/mol. The van der Waals surface area contributed by atoms with Crippen LogP contribution in [-0.4, -0.2) is 42.3 Å². The lowest BCUT2D eigenvalue weighted by molar-refractivity contribution is -0.133. The van der Waals surface area contributed by atoms with Crippen molar-refractivity contribution in [1.29, 1.82) is 0 Å². The van der Waals surface area contributed by atoms with Gasteiger partial charge in [-0.15, -0.1) is 0 Å². The number of carbonyl (C=O) groups excluding carboxylic acids is 1. The number of aromatic nitrogens is 5. The zero-order valence-corrected chi connectivity index (χ0v) is 14.1. The zero-order valence-electron chi connectivity index (χ0n) is 14.1. The van der Waals surface area contributed by atoms with Gasteiger partial charge in [0.05, 0.1) is 30.2 Å². The van der Waals surface area contributed by atoms with Crippen molar-refractivity contribution in [1.82, 2.24) is 29.9 Å². The Kier molecular flexibility index (Phi) is 3.16. The summed E-state index contributed by atoms with van der Waals surface area (Å²) in [5.41, 5.74) is 1.77. The van der Waals surface area contributed by atoms with Gasteiger partial charge in [0.1, 0.15) is 5.82 Å². The van der Waals surface area contributed by atoms with E-state index in [-0.39, 0.29) is 11.9 Å². The highest BCUT2D eigenvalue weighted by molar-refractivity contribution is 5.87. The first-order valence-electron chi connectivity index (χ1n) is 8.87. The van der Waals surface area contributed by atoms with Crippen LogP contribution in [0.3, 0.4) is 0 Å². The van der Waals surface area contributed by atoms with E-state index in [1.807, 2.05) is 40.8 Å². The van der Waals surface area contributed by atoms with Crippen molar-refractivity contribution >= 4 is 16.8 Å². The highest BCUT2D eigenvalue weighted by Gasteiger charge is 2.34. The quantitative estimate of drug-likeness (QED) is 0.795. The number of hydrogen-bond donors (Lipinski definition) is 1. The molecule has 3 heterocycles. The van der Waals surface area contributed by atoms with Crippen LogP contribution < -0.4 is 0 Å². The largest absolute Gasteiger partial charge is 0.331 e. The summed E-state index contributed by atoms with van der Waals surface area (Å²) in [5, 5.41) is 12.9. The Morgan fingerprint density at radius 1 is 1.28 bits per heavy atom. The lowest BCUT2D eigenvalue weighted by atomic mass is 10.1. The molecule has 0 bridgehead atoms. The molecule has 1 N–H and O–H groups in total. The lowest BCUT2D eigenvalue weighted by Crippen LogP contribution is -2.42. The first-order chi connectivity index (χ1) is 12.2. The SMILES string of the molecule is C[C@@H]1c2nc(C3CC3)nn2CCN1C(=O)Cc1[nH]nc2ccccc12. The van der Waals surface area contributed by atoms with Gasteiger partial charge < -0.3 is 4.90 Å². The third-order valence-electron chi connectivity index (χ3n) is 5.24. The van der Waals surface area contributed by atoms with Gasteiger partial charge >= 0.3 is 0 Å². The summed E-state index contributed by atoms with van der Waals surface area (Å²) in [6, 6.07) is 7.82. The number of benzene rings is 1. The Labute approximate surface area is 145 Å². The number of rotatable bonds is 3. The molecule has 0 saturated heterocycles. The predicted molar refractivity (Wildman–Crippen MR) is 91.9 cm³/mol. The predicted octanol–water partition coefficient (Wildman–Crippen LogP) is 2.18. The summed E-state index contributed by atoms with van der Waals surface area (Å²) in [6.07, 6.45) is 2.70. The van der Waals surface area contributed by atoms with Gasteiger partial charge in [-0.05, 0) is 25.8 Å². The van der Waals surface area contributed by atoms with E-state index < -0.39 is 0 Å². The monoisotopic (exact) mass is 336 g/mol. The topological polar surface area (TPSA) is 79.7 Å². The number of nitrogens with zero attached hydrogens (tertiary/aromatic N) is 5. The van der Waals surface area contributed by atoms with E-state index in [2.05, 4.69) is 15.3 Å². The molecule has 1 atom stereocenters. The van der Waals surface area contributed by atoms with E-state index >= 15 is 0 Å². The lowest BCUT2D eigenvalue weighted by Gasteiger charge is -2.32. The summed E-state index contributed by atoms with van der Waals surface area (Å²) >= 11 is 0. The fourth-order valence-electron chi connectivity index (χ4n) is 3.64. The third kappa shape index (κ3) is 2.42. The molecule has 25 heavy (non-hydrogen) atoms. The van der Waals surface area contributed by atoms with Crippen LogP contribution in [0.25, 0.3) is 10.9 Å². The molecule has 2 aliphatic rings. The van der Waals surface area contributed by atoms with Gasteiger partial charge in [-0.3, -0.25) is 9.89 Å². The number of fused-ring (bicyclic) bond motifs is 2. The van der Waals surface area contributed by atoms with Crippen LogP contribution in [0, 0.1) is 0 Å². The van der Waals surface area contributed by atoms with Crippen molar-refractivity contribution in [2.45, 2.75) is 44.7 Å². The average Bonchev–Trinajstić information content (AvgIpc) is 3.25. The molecule has 3 aromatic rings. The van der Waals surface area contributed by atoms with Crippen LogP contribution in [0.5, 0.6) is 0 Å². The average molecular weight is 336 g/mol. The van der Waals surface area contributed by atoms with Crippen LogP contribution >= 0.6 is 0 Å². The van der Waals surface area contributed by atoms with Crippen LogP contribution in [0.4, 0.5) is 0 Å². The molecule has 1 saturated carbocycles. The van der Waals surface area contributed by atoms with Gasteiger partial charge in [-0.2, -0.15) is 10.2 Å². The summed E-state index contributed by atoms with van der Waals surface area (Å²) in [5.74, 6) is 2.50. The molecule has 2 aromatic heterocycles. The molecule has 128 valence electrons. The second-order valence-corrected chi connectivity index (χ2v) is 6.98. The Bertz CT molecular complexity index is 954. The van der Waals surface area contributed by atoms with Gasteiger partial charge in [-0.25, -0.2) is 9.67 Å². The standard InChI is InChI=1S/C18H20N6O/c1-11-18-19-17(12-6-7-12)22-24(18)9-8-23(11)16(25)10-15-13-4-2-3-5-14(13)20-21-15/h2-5,11-12H,6-10H2,1H3,(H,20,21)/t11-/m1/s1. The van der Waals surface area contributed by atoms with Gasteiger partial charge in [0, 0.05) is 17.8 Å². The molecule has 0 spiro atoms. The zero-order chi connectivity index (χ0) is 17.0. The Hall–Kier alpha value is -2.70. The number of carbonyl (C=O) groups is 1. The second kappa shape index (κ2) is 5.40. The highest BCUT2D eigenvalue weighted by Crippen LogP contribution is 2.39. The molecule has 0 radical (unpaired) electrons. The number of hydrogen-bond acceptors (Lipinski definition) is 4. The Balaban J connectivity index is 1.38. The van der Waals surface area contributed by atoms with Crippen LogP contribution in [0.15, 0.2) is 24.3 Å². The van der Waals surface area contributed by atoms with Crippen LogP contribution in [0.1, 0.15) is 49.1 Å². The third-order valence-corrected chi connectivity index (χ3v) is 5.24. The maximum absolute atomic E-state index is 12.9. The molecular formula is C18H20N6O. The van der Waals surface area contributed by atoms with Gasteiger partial charge in [-0.1, -0.05) is 18.2 Å². The van der Waals surface area contributed by atoms with E-state index in [9.17, 15) is 4.79 Å². The van der Waals surface area contributed by atoms with E-state index in [1.54, 1.807) is 0 Å². The highest BCUT2D eigenvalue weighted by atomic mass is 16.2. The van der Waals surface area contributed by atoms with E-state index in [0.717, 1.165) is 34.8 Å². The fraction of sp³-hybridized carbons (Fsp3) is 0.444. The molecule has 0 unspecified atom stereocenters. The molecule has 1 aliphatic carbocycles. The van der Waals surface area contributed by atoms with E-state index in [4.69, 9.17) is 4.98 Å². The maximum atomic E-state index is 12.9. The fourth-order valence-corrected chi connectivity index (χ4v) is 3.64. The summed E-state index contributed by atoms with van der Waals surface area (Å²) < 4.78 is 1.98. The molecule has 7 heteroatoms. The minimum atomic E-state index is -0.0459. The van der Waals surface area contributed by atoms with E-state index in [0.29, 0.717) is 18.9 Å². The van der Waals surface area contributed by atoms with E-state index in [1.165, 1.54) is 12.8 Å². The van der Waals surface area contributed by atoms with Gasteiger partial charge in [0.15, 0.2) is 5.82 Å². The number of para-hydroxylation sites is 1. The molecule has 7 nitrogen and oxygen atoms in total. The first-order valence-corrected chi connectivity index (χ1v) is 8.87. The smallest absolute Gasteiger partial charge is 0.229 e. The molecule has 5 rings (SSSR count). The van der Waals surface area contributed by atoms with Crippen molar-refractivity contribution in [3.63, 3.8) is 0 Å². The van der Waals surface area contributed by atoms with Crippen LogP contribution in [-0.2, 0) is 17.8 Å². The molecule has 1 aromatic carbocycles. The Morgan fingerprint density at radius 2 is 2.12 bits per heavy atom. The number of H-pyrrole nitrogens is 1. The van der Waals surface area contributed by atoms with Gasteiger partial charge in [0.2, 0.25) is 5.91 Å². The van der Waals surface area contributed by atoms with Crippen molar-refractivity contribution in [2.75, 3.05) is 6.54 Å². The Morgan fingerprint density at radius 3 is 2.96 bits per heavy atom. The van der Waals surface area contributed by atoms with Crippen molar-refractivity contribution in [2.24, 2.45) is 0 Å². The molecule has 1 fully saturated rings. The number of aromatic amines is 1. The minimum absolute atomic E-state index is 0.0459. The van der Waals surface area contributed by atoms with Crippen molar-refractivity contribution < 1.29 is 4.79 Å². The van der Waals surface area contributed by atoms with Crippen molar-refractivity contribution in [3.05, 3.63) is 41.6 Å². The molecule has 1 aliphatic heterocycles. The second-order valence-electron chi connectivity index (χ2n) is 6.98. The number of nitrogens with one attached hydrogen (secondary N) is 1. The summed E-state index contributed by atoms with van der Waals surface area (Å²) in [6.45, 7) is 3.43. The van der Waals surface area contributed by atoms with Gasteiger partial charge in [0.25, 0.3) is 0 Å². The maximum Gasteiger partial charge on any atom is 0.229 e. The van der Waals surface area contributed by atoms with Crippen LogP contribution in [0.2, 0.25) is 0 Å². The minimum Gasteiger partial charge on any atom is -0.331 e. The molecule has 1 amide bonds. The summed E-state index contributed by atoms with van der Waals surface area (Å²) in [4.78, 5) is 19.5. The summed E-state index contributed by atoms with van der Waals surface area (Å²) in [7, 11) is 0. The normalized spacial score (nSPS) is 20.0. The number of amides is 1. The first kappa shape index (κ1) is 14.6.